The van der Waals surface area contributed by atoms with Crippen molar-refractivity contribution in [2.45, 2.75) is 13.5 Å². The molecule has 0 aliphatic carbocycles. The largest absolute Gasteiger partial charge is 0.490 e. The van der Waals surface area contributed by atoms with Crippen LogP contribution in [-0.2, 0) is 6.61 Å². The molecule has 6 heteroatoms. The second-order valence-electron chi connectivity index (χ2n) is 8.24. The number of para-hydroxylation sites is 2. The zero-order chi connectivity index (χ0) is 23.8. The molecule has 6 aromatic rings. The van der Waals surface area contributed by atoms with Crippen LogP contribution in [0.3, 0.4) is 0 Å². The van der Waals surface area contributed by atoms with Crippen LogP contribution in [0.4, 0.5) is 0 Å². The minimum atomic E-state index is -0.0618. The van der Waals surface area contributed by atoms with E-state index in [2.05, 4.69) is 35.3 Å². The highest BCUT2D eigenvalue weighted by molar-refractivity contribution is 7.15. The number of thiazole rings is 1. The number of rotatable bonds is 6. The highest BCUT2D eigenvalue weighted by Gasteiger charge is 2.12. The van der Waals surface area contributed by atoms with Gasteiger partial charge in [0.25, 0.3) is 5.56 Å². The lowest BCUT2D eigenvalue weighted by atomic mass is 10.1. The molecule has 0 aliphatic heterocycles. The fourth-order valence-electron chi connectivity index (χ4n) is 4.26. The molecule has 0 unspecified atom stereocenters. The van der Waals surface area contributed by atoms with Crippen molar-refractivity contribution in [3.8, 4) is 11.5 Å². The molecule has 35 heavy (non-hydrogen) atoms. The maximum atomic E-state index is 13.1. The topological polar surface area (TPSA) is 52.8 Å². The van der Waals surface area contributed by atoms with Gasteiger partial charge < -0.3 is 9.47 Å². The zero-order valence-corrected chi connectivity index (χ0v) is 19.9. The quantitative estimate of drug-likeness (QED) is 0.313. The summed E-state index contributed by atoms with van der Waals surface area (Å²) in [5.41, 5.74) is 3.56. The molecule has 0 saturated heterocycles. The van der Waals surface area contributed by atoms with Crippen LogP contribution in [0.25, 0.3) is 32.8 Å². The summed E-state index contributed by atoms with van der Waals surface area (Å²) in [5.74, 6) is 1.33. The van der Waals surface area contributed by atoms with Gasteiger partial charge in [-0.05, 0) is 65.2 Å². The van der Waals surface area contributed by atoms with Gasteiger partial charge in [0, 0.05) is 0 Å². The average Bonchev–Trinajstić information content (AvgIpc) is 3.39. The van der Waals surface area contributed by atoms with E-state index in [1.54, 1.807) is 4.40 Å². The van der Waals surface area contributed by atoms with Crippen LogP contribution in [-0.4, -0.2) is 16.0 Å². The molecule has 0 bridgehead atoms. The van der Waals surface area contributed by atoms with Crippen LogP contribution < -0.4 is 19.6 Å². The Labute approximate surface area is 205 Å². The third kappa shape index (κ3) is 4.02. The molecule has 2 aromatic heterocycles. The van der Waals surface area contributed by atoms with Gasteiger partial charge in [0.15, 0.2) is 16.5 Å². The third-order valence-corrected chi connectivity index (χ3v) is 6.89. The first-order valence-corrected chi connectivity index (χ1v) is 12.3. The number of aromatic nitrogens is 2. The summed E-state index contributed by atoms with van der Waals surface area (Å²) in [5, 5.41) is 2.39. The second kappa shape index (κ2) is 8.89. The Hall–Kier alpha value is -4.16. The van der Waals surface area contributed by atoms with E-state index in [9.17, 15) is 4.79 Å². The van der Waals surface area contributed by atoms with E-state index < -0.39 is 0 Å². The molecule has 0 spiro atoms. The number of hydrogen-bond acceptors (Lipinski definition) is 5. The van der Waals surface area contributed by atoms with Gasteiger partial charge in [-0.25, -0.2) is 9.38 Å². The number of fused-ring (bicyclic) bond motifs is 4. The molecule has 0 atom stereocenters. The average molecular weight is 479 g/mol. The van der Waals surface area contributed by atoms with Crippen LogP contribution in [0, 0.1) is 0 Å². The molecule has 172 valence electrons. The lowest BCUT2D eigenvalue weighted by Gasteiger charge is -2.13. The van der Waals surface area contributed by atoms with Crippen LogP contribution in [0.5, 0.6) is 11.5 Å². The molecule has 0 saturated carbocycles. The molecule has 4 aromatic carbocycles. The Morgan fingerprint density at radius 3 is 2.60 bits per heavy atom. The Morgan fingerprint density at radius 1 is 0.886 bits per heavy atom. The monoisotopic (exact) mass is 478 g/mol. The smallest absolute Gasteiger partial charge is 0.274 e. The van der Waals surface area contributed by atoms with Gasteiger partial charge >= 0.3 is 0 Å². The van der Waals surface area contributed by atoms with E-state index in [-0.39, 0.29) is 5.56 Å². The molecule has 0 fully saturated rings. The van der Waals surface area contributed by atoms with Crippen molar-refractivity contribution in [2.24, 2.45) is 0 Å². The maximum Gasteiger partial charge on any atom is 0.274 e. The van der Waals surface area contributed by atoms with E-state index in [1.807, 2.05) is 67.6 Å². The Kier molecular flexibility index (Phi) is 5.43. The van der Waals surface area contributed by atoms with Crippen molar-refractivity contribution < 1.29 is 9.47 Å². The van der Waals surface area contributed by atoms with E-state index in [4.69, 9.17) is 9.47 Å². The van der Waals surface area contributed by atoms with Crippen molar-refractivity contribution in [3.05, 3.63) is 111 Å². The molecule has 2 heterocycles. The summed E-state index contributed by atoms with van der Waals surface area (Å²) in [4.78, 5) is 18.4. The Bertz CT molecular complexity index is 1800. The van der Waals surface area contributed by atoms with E-state index in [0.717, 1.165) is 22.2 Å². The molecule has 0 N–H and O–H groups in total. The summed E-state index contributed by atoms with van der Waals surface area (Å²) in [6.07, 6.45) is 1.88. The normalized spacial score (nSPS) is 12.1. The highest BCUT2D eigenvalue weighted by atomic mass is 32.1. The number of benzene rings is 4. The van der Waals surface area contributed by atoms with E-state index >= 15 is 0 Å². The SMILES string of the molecule is CCOc1cc(/C=c2\sc3nc4ccccc4n3c2=O)ccc1OCc1ccc2ccccc2c1. The standard InChI is InChI=1S/C29H22N2O3S/c1-2-33-26-16-19(17-27-28(32)31-24-10-6-5-9-23(24)30-29(31)35-27)12-14-25(26)34-18-20-11-13-21-7-3-4-8-22(21)15-20/h3-17H,2,18H2,1H3/b27-17-. The van der Waals surface area contributed by atoms with Crippen molar-refractivity contribution in [3.63, 3.8) is 0 Å². The summed E-state index contributed by atoms with van der Waals surface area (Å²) in [6, 6.07) is 28.1. The van der Waals surface area contributed by atoms with Crippen molar-refractivity contribution >= 4 is 44.2 Å². The Balaban J connectivity index is 1.31. The van der Waals surface area contributed by atoms with Gasteiger partial charge in [-0.3, -0.25) is 4.79 Å². The molecule has 0 radical (unpaired) electrons. The van der Waals surface area contributed by atoms with Gasteiger partial charge in [0.1, 0.15) is 6.61 Å². The van der Waals surface area contributed by atoms with Crippen LogP contribution >= 0.6 is 11.3 Å². The molecule has 6 rings (SSSR count). The van der Waals surface area contributed by atoms with Crippen molar-refractivity contribution in [1.29, 1.82) is 0 Å². The number of ether oxygens (including phenoxy) is 2. The predicted molar refractivity (Wildman–Crippen MR) is 142 cm³/mol. The first-order valence-electron chi connectivity index (χ1n) is 11.5. The predicted octanol–water partition coefficient (Wildman–Crippen LogP) is 5.59. The van der Waals surface area contributed by atoms with Gasteiger partial charge in [0.2, 0.25) is 0 Å². The molecule has 0 aliphatic rings. The van der Waals surface area contributed by atoms with Crippen molar-refractivity contribution in [1.82, 2.24) is 9.38 Å². The van der Waals surface area contributed by atoms with E-state index in [1.165, 1.54) is 22.1 Å². The summed E-state index contributed by atoms with van der Waals surface area (Å²) in [6.45, 7) is 2.90. The zero-order valence-electron chi connectivity index (χ0n) is 19.1. The minimum absolute atomic E-state index is 0.0618. The molecule has 5 nitrogen and oxygen atoms in total. The van der Waals surface area contributed by atoms with Crippen molar-refractivity contribution in [2.75, 3.05) is 6.61 Å². The first-order chi connectivity index (χ1) is 17.2. The number of nitrogens with zero attached hydrogens (tertiary/aromatic N) is 2. The lowest BCUT2D eigenvalue weighted by Crippen LogP contribution is -2.22. The van der Waals surface area contributed by atoms with Crippen LogP contribution in [0.1, 0.15) is 18.1 Å². The summed E-state index contributed by atoms with van der Waals surface area (Å²) >= 11 is 1.39. The maximum absolute atomic E-state index is 13.1. The second-order valence-corrected chi connectivity index (χ2v) is 9.25. The molecular formula is C29H22N2O3S. The Morgan fingerprint density at radius 2 is 1.71 bits per heavy atom. The summed E-state index contributed by atoms with van der Waals surface area (Å²) < 4.78 is 14.3. The fraction of sp³-hybridized carbons (Fsp3) is 0.103. The minimum Gasteiger partial charge on any atom is -0.490 e. The van der Waals surface area contributed by atoms with Gasteiger partial charge in [-0.2, -0.15) is 0 Å². The lowest BCUT2D eigenvalue weighted by molar-refractivity contribution is 0.269. The molecular weight excluding hydrogens is 456 g/mol. The number of imidazole rings is 1. The van der Waals surface area contributed by atoms with Gasteiger partial charge in [-0.1, -0.05) is 65.9 Å². The molecule has 0 amide bonds. The van der Waals surface area contributed by atoms with Crippen LogP contribution in [0.15, 0.2) is 89.7 Å². The fourth-order valence-corrected chi connectivity index (χ4v) is 5.24. The first kappa shape index (κ1) is 21.4. The highest BCUT2D eigenvalue weighted by Crippen LogP contribution is 2.30. The van der Waals surface area contributed by atoms with Gasteiger partial charge in [0.05, 0.1) is 22.2 Å². The van der Waals surface area contributed by atoms with Crippen LogP contribution in [0.2, 0.25) is 0 Å². The van der Waals surface area contributed by atoms with Gasteiger partial charge in [-0.15, -0.1) is 0 Å². The van der Waals surface area contributed by atoms with E-state index in [0.29, 0.717) is 34.2 Å². The third-order valence-electron chi connectivity index (χ3n) is 5.92. The number of hydrogen-bond donors (Lipinski definition) is 0. The summed E-state index contributed by atoms with van der Waals surface area (Å²) in [7, 11) is 0.